The first-order valence-electron chi connectivity index (χ1n) is 3.41. The van der Waals surface area contributed by atoms with E-state index in [9.17, 15) is 4.79 Å². The number of nitrogens with two attached hydrogens (primary N) is 1. The Morgan fingerprint density at radius 2 is 2.55 bits per heavy atom. The normalized spacial score (nSPS) is 10.0. The van der Waals surface area contributed by atoms with Crippen molar-refractivity contribution in [1.29, 1.82) is 0 Å². The fourth-order valence-electron chi connectivity index (χ4n) is 0.685. The van der Waals surface area contributed by atoms with Crippen LogP contribution in [0.5, 0.6) is 0 Å². The van der Waals surface area contributed by atoms with Gasteiger partial charge in [-0.15, -0.1) is 5.10 Å². The van der Waals surface area contributed by atoms with Crippen LogP contribution in [0.1, 0.15) is 17.4 Å². The van der Waals surface area contributed by atoms with Gasteiger partial charge in [-0.1, -0.05) is 5.21 Å². The van der Waals surface area contributed by atoms with E-state index in [0.717, 1.165) is 0 Å². The molecule has 0 aliphatic carbocycles. The first-order valence-corrected chi connectivity index (χ1v) is 3.41. The highest BCUT2D eigenvalue weighted by Crippen LogP contribution is 1.92. The van der Waals surface area contributed by atoms with E-state index in [1.165, 1.54) is 0 Å². The molecule has 0 aromatic carbocycles. The van der Waals surface area contributed by atoms with E-state index in [1.54, 1.807) is 10.9 Å². The van der Waals surface area contributed by atoms with E-state index in [-0.39, 0.29) is 12.3 Å². The molecule has 0 unspecified atom stereocenters. The molecule has 0 saturated heterocycles. The van der Waals surface area contributed by atoms with Crippen molar-refractivity contribution in [2.75, 3.05) is 6.54 Å². The van der Waals surface area contributed by atoms with Crippen LogP contribution < -0.4 is 5.73 Å². The summed E-state index contributed by atoms with van der Waals surface area (Å²) in [6.07, 6.45) is 1.59. The topological polar surface area (TPSA) is 73.8 Å². The second-order valence-electron chi connectivity index (χ2n) is 2.09. The quantitative estimate of drug-likeness (QED) is 0.592. The lowest BCUT2D eigenvalue weighted by Crippen LogP contribution is -2.13. The average Bonchev–Trinajstić information content (AvgIpc) is 2.50. The van der Waals surface area contributed by atoms with Crippen LogP contribution in [-0.4, -0.2) is 27.3 Å². The summed E-state index contributed by atoms with van der Waals surface area (Å²) in [5, 5.41) is 7.34. The SMILES string of the molecule is CCn1cc(C(=O)CN)nn1. The summed E-state index contributed by atoms with van der Waals surface area (Å²) in [7, 11) is 0. The van der Waals surface area contributed by atoms with Crippen LogP contribution >= 0.6 is 0 Å². The summed E-state index contributed by atoms with van der Waals surface area (Å²) >= 11 is 0. The second-order valence-corrected chi connectivity index (χ2v) is 2.09. The van der Waals surface area contributed by atoms with Gasteiger partial charge in [-0.05, 0) is 6.92 Å². The molecule has 0 aliphatic heterocycles. The van der Waals surface area contributed by atoms with Gasteiger partial charge in [0.25, 0.3) is 0 Å². The number of aryl methyl sites for hydroxylation is 1. The largest absolute Gasteiger partial charge is 0.324 e. The summed E-state index contributed by atoms with van der Waals surface area (Å²) in [4.78, 5) is 10.9. The second kappa shape index (κ2) is 3.25. The number of carbonyl (C=O) groups is 1. The highest BCUT2D eigenvalue weighted by molar-refractivity contribution is 5.95. The highest BCUT2D eigenvalue weighted by Gasteiger charge is 2.06. The lowest BCUT2D eigenvalue weighted by Gasteiger charge is -1.88. The number of ketones is 1. The van der Waals surface area contributed by atoms with Gasteiger partial charge in [-0.2, -0.15) is 0 Å². The minimum atomic E-state index is -0.176. The third kappa shape index (κ3) is 1.62. The number of Topliss-reactive ketones (excluding diaryl/α,β-unsaturated/α-hetero) is 1. The molecule has 1 rings (SSSR count). The molecule has 1 heterocycles. The Balaban J connectivity index is 2.80. The predicted molar refractivity (Wildman–Crippen MR) is 39.1 cm³/mol. The third-order valence-electron chi connectivity index (χ3n) is 1.33. The van der Waals surface area contributed by atoms with Crippen molar-refractivity contribution in [3.05, 3.63) is 11.9 Å². The highest BCUT2D eigenvalue weighted by atomic mass is 16.1. The minimum absolute atomic E-state index is 0.0115. The van der Waals surface area contributed by atoms with Crippen LogP contribution in [0.15, 0.2) is 6.20 Å². The molecule has 0 aliphatic rings. The molecule has 0 fully saturated rings. The zero-order valence-electron chi connectivity index (χ0n) is 6.32. The number of rotatable bonds is 3. The summed E-state index contributed by atoms with van der Waals surface area (Å²) in [5.41, 5.74) is 5.47. The van der Waals surface area contributed by atoms with Crippen molar-refractivity contribution >= 4 is 5.78 Å². The van der Waals surface area contributed by atoms with Gasteiger partial charge in [0.05, 0.1) is 12.7 Å². The maximum atomic E-state index is 10.9. The Bertz CT molecular complexity index is 255. The Hall–Kier alpha value is -1.23. The zero-order valence-corrected chi connectivity index (χ0v) is 6.32. The lowest BCUT2D eigenvalue weighted by atomic mass is 10.3. The molecule has 0 atom stereocenters. The Kier molecular flexibility index (Phi) is 2.32. The Morgan fingerprint density at radius 1 is 1.82 bits per heavy atom. The fraction of sp³-hybridized carbons (Fsp3) is 0.500. The number of nitrogens with zero attached hydrogens (tertiary/aromatic N) is 3. The van der Waals surface area contributed by atoms with E-state index >= 15 is 0 Å². The first kappa shape index (κ1) is 7.87. The maximum absolute atomic E-state index is 10.9. The molecule has 1 aromatic heterocycles. The van der Waals surface area contributed by atoms with Crippen molar-refractivity contribution in [2.24, 2.45) is 5.73 Å². The van der Waals surface area contributed by atoms with Gasteiger partial charge in [0.2, 0.25) is 0 Å². The monoisotopic (exact) mass is 154 g/mol. The van der Waals surface area contributed by atoms with E-state index < -0.39 is 0 Å². The molecule has 5 heteroatoms. The standard InChI is InChI=1S/C6H10N4O/c1-2-10-4-5(8-9-10)6(11)3-7/h4H,2-3,7H2,1H3. The van der Waals surface area contributed by atoms with E-state index in [0.29, 0.717) is 12.2 Å². The molecule has 2 N–H and O–H groups in total. The molecule has 0 saturated carbocycles. The number of hydrogen-bond acceptors (Lipinski definition) is 4. The molecule has 5 nitrogen and oxygen atoms in total. The number of carbonyl (C=O) groups excluding carboxylic acids is 1. The average molecular weight is 154 g/mol. The zero-order chi connectivity index (χ0) is 8.27. The number of aromatic nitrogens is 3. The lowest BCUT2D eigenvalue weighted by molar-refractivity contribution is 0.0996. The van der Waals surface area contributed by atoms with Crippen molar-refractivity contribution < 1.29 is 4.79 Å². The molecule has 0 radical (unpaired) electrons. The summed E-state index contributed by atoms with van der Waals surface area (Å²) in [6, 6.07) is 0. The Morgan fingerprint density at radius 3 is 3.00 bits per heavy atom. The smallest absolute Gasteiger partial charge is 0.198 e. The molecular formula is C6H10N4O. The molecule has 0 bridgehead atoms. The van der Waals surface area contributed by atoms with E-state index in [2.05, 4.69) is 10.3 Å². The van der Waals surface area contributed by atoms with Gasteiger partial charge in [-0.3, -0.25) is 9.48 Å². The summed E-state index contributed by atoms with van der Waals surface area (Å²) < 4.78 is 1.59. The van der Waals surface area contributed by atoms with Gasteiger partial charge in [-0.25, -0.2) is 0 Å². The van der Waals surface area contributed by atoms with Gasteiger partial charge < -0.3 is 5.73 Å². The van der Waals surface area contributed by atoms with Crippen molar-refractivity contribution in [3.8, 4) is 0 Å². The van der Waals surface area contributed by atoms with Gasteiger partial charge in [0.15, 0.2) is 5.78 Å². The van der Waals surface area contributed by atoms with Crippen molar-refractivity contribution in [3.63, 3.8) is 0 Å². The van der Waals surface area contributed by atoms with Gasteiger partial charge in [0.1, 0.15) is 5.69 Å². The molecular weight excluding hydrogens is 144 g/mol. The van der Waals surface area contributed by atoms with Crippen LogP contribution in [0.25, 0.3) is 0 Å². The molecule has 11 heavy (non-hydrogen) atoms. The summed E-state index contributed by atoms with van der Waals surface area (Å²) in [5.74, 6) is -0.176. The number of hydrogen-bond donors (Lipinski definition) is 1. The fourth-order valence-corrected chi connectivity index (χ4v) is 0.685. The van der Waals surface area contributed by atoms with Crippen LogP contribution in [0.3, 0.4) is 0 Å². The van der Waals surface area contributed by atoms with Crippen LogP contribution in [-0.2, 0) is 6.54 Å². The van der Waals surface area contributed by atoms with Gasteiger partial charge in [0, 0.05) is 6.54 Å². The Labute approximate surface area is 64.2 Å². The van der Waals surface area contributed by atoms with E-state index in [1.807, 2.05) is 6.92 Å². The first-order chi connectivity index (χ1) is 5.27. The van der Waals surface area contributed by atoms with Gasteiger partial charge >= 0.3 is 0 Å². The molecule has 0 amide bonds. The van der Waals surface area contributed by atoms with Crippen molar-refractivity contribution in [2.45, 2.75) is 13.5 Å². The van der Waals surface area contributed by atoms with E-state index in [4.69, 9.17) is 5.73 Å². The third-order valence-corrected chi connectivity index (χ3v) is 1.33. The minimum Gasteiger partial charge on any atom is -0.324 e. The summed E-state index contributed by atoms with van der Waals surface area (Å²) in [6.45, 7) is 2.62. The maximum Gasteiger partial charge on any atom is 0.198 e. The molecule has 1 aromatic rings. The molecule has 60 valence electrons. The predicted octanol–water partition coefficient (Wildman–Crippen LogP) is -0.561. The van der Waals surface area contributed by atoms with Crippen LogP contribution in [0, 0.1) is 0 Å². The van der Waals surface area contributed by atoms with Crippen LogP contribution in [0.4, 0.5) is 0 Å². The van der Waals surface area contributed by atoms with Crippen molar-refractivity contribution in [1.82, 2.24) is 15.0 Å². The molecule has 0 spiro atoms. The van der Waals surface area contributed by atoms with Crippen LogP contribution in [0.2, 0.25) is 0 Å².